The molecule has 0 unspecified atom stereocenters. The van der Waals surface area contributed by atoms with E-state index in [2.05, 4.69) is 16.9 Å². The molecule has 0 saturated carbocycles. The first kappa shape index (κ1) is 12.4. The SMILES string of the molecule is C=C(C)CN=C(N)NCC1CCSCC1. The highest BCUT2D eigenvalue weighted by molar-refractivity contribution is 7.99. The molecule has 1 fully saturated rings. The van der Waals surface area contributed by atoms with E-state index in [1.54, 1.807) is 0 Å². The van der Waals surface area contributed by atoms with Gasteiger partial charge in [-0.05, 0) is 37.2 Å². The second-order valence-electron chi connectivity index (χ2n) is 4.10. The van der Waals surface area contributed by atoms with Crippen LogP contribution in [0.4, 0.5) is 0 Å². The maximum Gasteiger partial charge on any atom is 0.188 e. The van der Waals surface area contributed by atoms with Gasteiger partial charge in [-0.3, -0.25) is 0 Å². The summed E-state index contributed by atoms with van der Waals surface area (Å²) in [5, 5.41) is 3.19. The highest BCUT2D eigenvalue weighted by Crippen LogP contribution is 2.21. The molecule has 0 spiro atoms. The number of nitrogens with two attached hydrogens (primary N) is 1. The lowest BCUT2D eigenvalue weighted by atomic mass is 10.0. The van der Waals surface area contributed by atoms with Gasteiger partial charge >= 0.3 is 0 Å². The third-order valence-electron chi connectivity index (χ3n) is 2.43. The summed E-state index contributed by atoms with van der Waals surface area (Å²) in [6.07, 6.45) is 2.59. The fourth-order valence-electron chi connectivity index (χ4n) is 1.48. The van der Waals surface area contributed by atoms with Gasteiger partial charge in [-0.2, -0.15) is 11.8 Å². The van der Waals surface area contributed by atoms with E-state index in [0.717, 1.165) is 18.0 Å². The van der Waals surface area contributed by atoms with Crippen molar-refractivity contribution in [3.05, 3.63) is 12.2 Å². The molecule has 0 bridgehead atoms. The van der Waals surface area contributed by atoms with Crippen molar-refractivity contribution in [2.45, 2.75) is 19.8 Å². The molecule has 86 valence electrons. The van der Waals surface area contributed by atoms with Gasteiger partial charge in [-0.15, -0.1) is 0 Å². The van der Waals surface area contributed by atoms with Crippen LogP contribution in [0.15, 0.2) is 17.1 Å². The van der Waals surface area contributed by atoms with E-state index in [4.69, 9.17) is 5.73 Å². The number of thioether (sulfide) groups is 1. The van der Waals surface area contributed by atoms with Gasteiger partial charge in [0.1, 0.15) is 0 Å². The highest BCUT2D eigenvalue weighted by Gasteiger charge is 2.13. The quantitative estimate of drug-likeness (QED) is 0.436. The van der Waals surface area contributed by atoms with Crippen LogP contribution >= 0.6 is 11.8 Å². The van der Waals surface area contributed by atoms with Crippen LogP contribution in [0.25, 0.3) is 0 Å². The van der Waals surface area contributed by atoms with Crippen molar-refractivity contribution in [3.63, 3.8) is 0 Å². The molecule has 0 aromatic carbocycles. The van der Waals surface area contributed by atoms with Crippen molar-refractivity contribution in [1.82, 2.24) is 5.32 Å². The van der Waals surface area contributed by atoms with Crippen LogP contribution < -0.4 is 11.1 Å². The van der Waals surface area contributed by atoms with Gasteiger partial charge in [0.15, 0.2) is 5.96 Å². The summed E-state index contributed by atoms with van der Waals surface area (Å²) < 4.78 is 0. The Bertz CT molecular complexity index is 232. The average Bonchev–Trinajstić information content (AvgIpc) is 2.25. The summed E-state index contributed by atoms with van der Waals surface area (Å²) >= 11 is 2.05. The minimum Gasteiger partial charge on any atom is -0.370 e. The molecule has 1 aliphatic heterocycles. The van der Waals surface area contributed by atoms with Crippen LogP contribution in [0.1, 0.15) is 19.8 Å². The molecule has 0 aromatic rings. The van der Waals surface area contributed by atoms with E-state index in [-0.39, 0.29) is 0 Å². The molecular formula is C11H21N3S. The summed E-state index contributed by atoms with van der Waals surface area (Å²) in [5.41, 5.74) is 6.77. The maximum absolute atomic E-state index is 5.73. The Morgan fingerprint density at radius 2 is 2.20 bits per heavy atom. The molecule has 4 heteroatoms. The topological polar surface area (TPSA) is 50.4 Å². The average molecular weight is 227 g/mol. The summed E-state index contributed by atoms with van der Waals surface area (Å²) in [6.45, 7) is 7.33. The Labute approximate surface area is 96.6 Å². The molecule has 15 heavy (non-hydrogen) atoms. The second kappa shape index (κ2) is 6.77. The molecular weight excluding hydrogens is 206 g/mol. The first-order valence-electron chi connectivity index (χ1n) is 5.44. The maximum atomic E-state index is 5.73. The summed E-state index contributed by atoms with van der Waals surface area (Å²) in [6, 6.07) is 0. The van der Waals surface area contributed by atoms with Crippen LogP contribution in [-0.4, -0.2) is 30.6 Å². The van der Waals surface area contributed by atoms with E-state index in [9.17, 15) is 0 Å². The molecule has 0 atom stereocenters. The number of nitrogens with zero attached hydrogens (tertiary/aromatic N) is 1. The molecule has 1 heterocycles. The molecule has 1 aliphatic rings. The minimum atomic E-state index is 0.552. The van der Waals surface area contributed by atoms with Gasteiger partial charge < -0.3 is 11.1 Å². The first-order chi connectivity index (χ1) is 7.18. The molecule has 0 amide bonds. The van der Waals surface area contributed by atoms with Crippen LogP contribution in [0.3, 0.4) is 0 Å². The third kappa shape index (κ3) is 5.72. The zero-order chi connectivity index (χ0) is 11.1. The standard InChI is InChI=1S/C11H21N3S/c1-9(2)7-13-11(12)14-8-10-3-5-15-6-4-10/h10H,1,3-8H2,2H3,(H3,12,13,14). The van der Waals surface area contributed by atoms with E-state index in [1.807, 2.05) is 18.7 Å². The predicted molar refractivity (Wildman–Crippen MR) is 69.4 cm³/mol. The molecule has 1 saturated heterocycles. The summed E-state index contributed by atoms with van der Waals surface area (Å²) in [7, 11) is 0. The number of nitrogens with one attached hydrogen (secondary N) is 1. The number of rotatable bonds is 4. The van der Waals surface area contributed by atoms with Crippen molar-refractivity contribution in [1.29, 1.82) is 0 Å². The lowest BCUT2D eigenvalue weighted by Gasteiger charge is -2.21. The van der Waals surface area contributed by atoms with Crippen molar-refractivity contribution in [3.8, 4) is 0 Å². The fraction of sp³-hybridized carbons (Fsp3) is 0.727. The lowest BCUT2D eigenvalue weighted by Crippen LogP contribution is -2.36. The zero-order valence-corrected chi connectivity index (χ0v) is 10.3. The first-order valence-corrected chi connectivity index (χ1v) is 6.60. The van der Waals surface area contributed by atoms with Gasteiger partial charge in [0.25, 0.3) is 0 Å². The Morgan fingerprint density at radius 1 is 1.53 bits per heavy atom. The van der Waals surface area contributed by atoms with Crippen molar-refractivity contribution in [2.24, 2.45) is 16.6 Å². The van der Waals surface area contributed by atoms with Gasteiger partial charge in [0.05, 0.1) is 6.54 Å². The molecule has 0 radical (unpaired) electrons. The minimum absolute atomic E-state index is 0.552. The second-order valence-corrected chi connectivity index (χ2v) is 5.32. The lowest BCUT2D eigenvalue weighted by molar-refractivity contribution is 0.481. The van der Waals surface area contributed by atoms with Gasteiger partial charge in [-0.25, -0.2) is 4.99 Å². The molecule has 3 nitrogen and oxygen atoms in total. The van der Waals surface area contributed by atoms with Crippen LogP contribution in [-0.2, 0) is 0 Å². The third-order valence-corrected chi connectivity index (χ3v) is 3.48. The normalized spacial score (nSPS) is 18.9. The van der Waals surface area contributed by atoms with Crippen molar-refractivity contribution in [2.75, 3.05) is 24.6 Å². The fourth-order valence-corrected chi connectivity index (χ4v) is 2.68. The number of hydrogen-bond acceptors (Lipinski definition) is 2. The van der Waals surface area contributed by atoms with Crippen LogP contribution in [0.2, 0.25) is 0 Å². The zero-order valence-electron chi connectivity index (χ0n) is 9.46. The summed E-state index contributed by atoms with van der Waals surface area (Å²) in [4.78, 5) is 4.19. The van der Waals surface area contributed by atoms with E-state index in [0.29, 0.717) is 12.5 Å². The van der Waals surface area contributed by atoms with E-state index in [1.165, 1.54) is 24.3 Å². The van der Waals surface area contributed by atoms with Gasteiger partial charge in [0, 0.05) is 6.54 Å². The largest absolute Gasteiger partial charge is 0.370 e. The predicted octanol–water partition coefficient (Wildman–Crippen LogP) is 1.61. The van der Waals surface area contributed by atoms with Crippen molar-refractivity contribution >= 4 is 17.7 Å². The van der Waals surface area contributed by atoms with Crippen LogP contribution in [0, 0.1) is 5.92 Å². The van der Waals surface area contributed by atoms with Crippen molar-refractivity contribution < 1.29 is 0 Å². The van der Waals surface area contributed by atoms with E-state index < -0.39 is 0 Å². The number of hydrogen-bond donors (Lipinski definition) is 2. The summed E-state index contributed by atoms with van der Waals surface area (Å²) in [5.74, 6) is 3.89. The van der Waals surface area contributed by atoms with Gasteiger partial charge in [0.2, 0.25) is 0 Å². The smallest absolute Gasteiger partial charge is 0.188 e. The van der Waals surface area contributed by atoms with E-state index >= 15 is 0 Å². The Kier molecular flexibility index (Phi) is 5.61. The Balaban J connectivity index is 2.17. The number of aliphatic imine (C=N–C) groups is 1. The molecule has 1 rings (SSSR count). The monoisotopic (exact) mass is 227 g/mol. The van der Waals surface area contributed by atoms with Crippen LogP contribution in [0.5, 0.6) is 0 Å². The molecule has 3 N–H and O–H groups in total. The number of guanidine groups is 1. The van der Waals surface area contributed by atoms with Gasteiger partial charge in [-0.1, -0.05) is 12.2 Å². The molecule has 0 aromatic heterocycles. The Morgan fingerprint density at radius 3 is 2.80 bits per heavy atom. The molecule has 0 aliphatic carbocycles. The Hall–Kier alpha value is -0.640. The highest BCUT2D eigenvalue weighted by atomic mass is 32.2.